The van der Waals surface area contributed by atoms with Crippen molar-refractivity contribution in [2.75, 3.05) is 26.7 Å². The van der Waals surface area contributed by atoms with E-state index in [4.69, 9.17) is 5.11 Å². The maximum absolute atomic E-state index is 12.0. The Kier molecular flexibility index (Phi) is 4.95. The number of likely N-dealkylation sites (N-methyl/N-ethyl adjacent to an activating group) is 1. The van der Waals surface area contributed by atoms with E-state index >= 15 is 0 Å². The number of aliphatic carboxylic acids is 1. The number of hydrogen-bond donors (Lipinski definition) is 2. The van der Waals surface area contributed by atoms with Crippen LogP contribution in [-0.2, 0) is 4.79 Å². The molecule has 2 amide bonds. The van der Waals surface area contributed by atoms with Crippen LogP contribution in [0.15, 0.2) is 0 Å². The van der Waals surface area contributed by atoms with Gasteiger partial charge in [0.25, 0.3) is 0 Å². The second-order valence-corrected chi connectivity index (χ2v) is 5.29. The number of hydrogen-bond acceptors (Lipinski definition) is 3. The van der Waals surface area contributed by atoms with Gasteiger partial charge in [0, 0.05) is 25.7 Å². The minimum atomic E-state index is -0.986. The van der Waals surface area contributed by atoms with Crippen LogP contribution in [0.3, 0.4) is 0 Å². The van der Waals surface area contributed by atoms with E-state index in [1.54, 1.807) is 18.7 Å². The molecule has 18 heavy (non-hydrogen) atoms. The van der Waals surface area contributed by atoms with Crippen LogP contribution >= 0.6 is 0 Å². The van der Waals surface area contributed by atoms with Gasteiger partial charge in [0.1, 0.15) is 6.04 Å². The van der Waals surface area contributed by atoms with Gasteiger partial charge < -0.3 is 20.2 Å². The number of amides is 2. The molecule has 0 aliphatic carbocycles. The lowest BCUT2D eigenvalue weighted by Gasteiger charge is -2.38. The molecule has 6 heteroatoms. The van der Waals surface area contributed by atoms with Crippen LogP contribution in [0, 0.1) is 5.92 Å². The van der Waals surface area contributed by atoms with Crippen molar-refractivity contribution in [1.29, 1.82) is 0 Å². The molecule has 1 rings (SSSR count). The molecule has 1 heterocycles. The van der Waals surface area contributed by atoms with Crippen molar-refractivity contribution in [3.63, 3.8) is 0 Å². The third-order valence-electron chi connectivity index (χ3n) is 3.46. The van der Waals surface area contributed by atoms with E-state index in [2.05, 4.69) is 17.1 Å². The fourth-order valence-electron chi connectivity index (χ4n) is 1.97. The molecule has 1 saturated heterocycles. The highest BCUT2D eigenvalue weighted by Gasteiger charge is 2.29. The number of rotatable bonds is 3. The van der Waals surface area contributed by atoms with Crippen LogP contribution < -0.4 is 5.32 Å². The lowest BCUT2D eigenvalue weighted by molar-refractivity contribution is -0.140. The zero-order valence-electron chi connectivity index (χ0n) is 11.5. The molecule has 0 saturated carbocycles. The van der Waals surface area contributed by atoms with E-state index in [1.807, 2.05) is 7.05 Å². The van der Waals surface area contributed by atoms with Crippen LogP contribution in [0.2, 0.25) is 0 Å². The Bertz CT molecular complexity index is 320. The molecular weight excluding hydrogens is 234 g/mol. The summed E-state index contributed by atoms with van der Waals surface area (Å²) in [6.07, 6.45) is 0. The molecule has 0 aromatic carbocycles. The number of carboxylic acids is 1. The number of urea groups is 1. The molecule has 0 radical (unpaired) electrons. The molecule has 1 unspecified atom stereocenters. The molecular formula is C12H23N3O3. The number of piperazine rings is 1. The van der Waals surface area contributed by atoms with Crippen molar-refractivity contribution in [3.05, 3.63) is 0 Å². The lowest BCUT2D eigenvalue weighted by Crippen LogP contribution is -2.57. The highest BCUT2D eigenvalue weighted by molar-refractivity contribution is 5.82. The molecule has 0 spiro atoms. The normalized spacial score (nSPS) is 22.9. The summed E-state index contributed by atoms with van der Waals surface area (Å²) in [6, 6.07) is -0.810. The molecule has 0 aromatic heterocycles. The summed E-state index contributed by atoms with van der Waals surface area (Å²) >= 11 is 0. The maximum Gasteiger partial charge on any atom is 0.326 e. The number of carbonyl (C=O) groups excluding carboxylic acids is 1. The molecule has 0 bridgehead atoms. The van der Waals surface area contributed by atoms with Crippen LogP contribution in [0.25, 0.3) is 0 Å². The Morgan fingerprint density at radius 2 is 1.94 bits per heavy atom. The Labute approximate surface area is 108 Å². The predicted octanol–water partition coefficient (Wildman–Crippen LogP) is 0.441. The van der Waals surface area contributed by atoms with Gasteiger partial charge in [-0.1, -0.05) is 13.8 Å². The van der Waals surface area contributed by atoms with Gasteiger partial charge in [-0.15, -0.1) is 0 Å². The largest absolute Gasteiger partial charge is 0.480 e. The van der Waals surface area contributed by atoms with Crippen molar-refractivity contribution >= 4 is 12.0 Å². The fourth-order valence-corrected chi connectivity index (χ4v) is 1.97. The molecule has 1 aliphatic heterocycles. The minimum absolute atomic E-state index is 0.128. The zero-order valence-corrected chi connectivity index (χ0v) is 11.5. The molecule has 1 fully saturated rings. The van der Waals surface area contributed by atoms with Gasteiger partial charge >= 0.3 is 12.0 Å². The number of nitrogens with zero attached hydrogens (tertiary/aromatic N) is 2. The Morgan fingerprint density at radius 1 is 1.33 bits per heavy atom. The quantitative estimate of drug-likeness (QED) is 0.769. The van der Waals surface area contributed by atoms with E-state index in [-0.39, 0.29) is 11.9 Å². The van der Waals surface area contributed by atoms with Crippen molar-refractivity contribution in [2.24, 2.45) is 5.92 Å². The van der Waals surface area contributed by atoms with Crippen molar-refractivity contribution in [2.45, 2.75) is 32.9 Å². The van der Waals surface area contributed by atoms with Gasteiger partial charge in [0.2, 0.25) is 0 Å². The molecule has 1 aliphatic rings. The molecule has 6 nitrogen and oxygen atoms in total. The van der Waals surface area contributed by atoms with Gasteiger partial charge in [0.05, 0.1) is 0 Å². The standard InChI is InChI=1S/C12H23N3O3/c1-8(2)10(11(16)17)13-12(18)15-6-5-14(4)9(3)7-15/h8-10H,5-7H2,1-4H3,(H,13,18)(H,16,17)/t9?,10-/m0/s1. The molecule has 2 N–H and O–H groups in total. The van der Waals surface area contributed by atoms with Crippen molar-refractivity contribution in [1.82, 2.24) is 15.1 Å². The van der Waals surface area contributed by atoms with E-state index in [0.29, 0.717) is 19.1 Å². The molecule has 2 atom stereocenters. The Balaban J connectivity index is 2.57. The van der Waals surface area contributed by atoms with E-state index < -0.39 is 12.0 Å². The van der Waals surface area contributed by atoms with E-state index in [1.165, 1.54) is 0 Å². The predicted molar refractivity (Wildman–Crippen MR) is 68.5 cm³/mol. The zero-order chi connectivity index (χ0) is 13.9. The summed E-state index contributed by atoms with van der Waals surface area (Å²) in [5.41, 5.74) is 0. The first-order valence-corrected chi connectivity index (χ1v) is 6.31. The first kappa shape index (κ1) is 14.8. The fraction of sp³-hybridized carbons (Fsp3) is 0.833. The number of carbonyl (C=O) groups is 2. The summed E-state index contributed by atoms with van der Waals surface area (Å²) in [5, 5.41) is 11.6. The second-order valence-electron chi connectivity index (χ2n) is 5.29. The molecule has 0 aromatic rings. The van der Waals surface area contributed by atoms with E-state index in [0.717, 1.165) is 6.54 Å². The second kappa shape index (κ2) is 6.04. The topological polar surface area (TPSA) is 72.9 Å². The monoisotopic (exact) mass is 257 g/mol. The summed E-state index contributed by atoms with van der Waals surface area (Å²) < 4.78 is 0. The number of nitrogens with one attached hydrogen (secondary N) is 1. The third-order valence-corrected chi connectivity index (χ3v) is 3.46. The SMILES string of the molecule is CC(C)[C@H](NC(=O)N1CCN(C)C(C)C1)C(=O)O. The van der Waals surface area contributed by atoms with Gasteiger partial charge in [0.15, 0.2) is 0 Å². The Morgan fingerprint density at radius 3 is 2.39 bits per heavy atom. The van der Waals surface area contributed by atoms with Gasteiger partial charge in [-0.3, -0.25) is 0 Å². The summed E-state index contributed by atoms with van der Waals surface area (Å²) in [7, 11) is 2.02. The smallest absolute Gasteiger partial charge is 0.326 e. The van der Waals surface area contributed by atoms with E-state index in [9.17, 15) is 9.59 Å². The van der Waals surface area contributed by atoms with Gasteiger partial charge in [-0.2, -0.15) is 0 Å². The van der Waals surface area contributed by atoms with Crippen LogP contribution in [-0.4, -0.2) is 65.7 Å². The molecule has 104 valence electrons. The van der Waals surface area contributed by atoms with Crippen LogP contribution in [0.4, 0.5) is 4.79 Å². The minimum Gasteiger partial charge on any atom is -0.480 e. The van der Waals surface area contributed by atoms with Crippen LogP contribution in [0.5, 0.6) is 0 Å². The van der Waals surface area contributed by atoms with Crippen molar-refractivity contribution in [3.8, 4) is 0 Å². The van der Waals surface area contributed by atoms with Gasteiger partial charge in [-0.05, 0) is 19.9 Å². The third kappa shape index (κ3) is 3.60. The first-order chi connectivity index (χ1) is 8.32. The highest BCUT2D eigenvalue weighted by atomic mass is 16.4. The average Bonchev–Trinajstić information content (AvgIpc) is 2.28. The summed E-state index contributed by atoms with van der Waals surface area (Å²) in [4.78, 5) is 26.9. The maximum atomic E-state index is 12.0. The number of carboxylic acid groups (broad SMARTS) is 1. The lowest BCUT2D eigenvalue weighted by atomic mass is 10.1. The van der Waals surface area contributed by atoms with Crippen LogP contribution in [0.1, 0.15) is 20.8 Å². The van der Waals surface area contributed by atoms with Crippen molar-refractivity contribution < 1.29 is 14.7 Å². The first-order valence-electron chi connectivity index (χ1n) is 6.31. The van der Waals surface area contributed by atoms with Gasteiger partial charge in [-0.25, -0.2) is 9.59 Å². The Hall–Kier alpha value is -1.30. The average molecular weight is 257 g/mol. The highest BCUT2D eigenvalue weighted by Crippen LogP contribution is 2.08. The summed E-state index contributed by atoms with van der Waals surface area (Å²) in [5.74, 6) is -1.11. The summed E-state index contributed by atoms with van der Waals surface area (Å²) in [6.45, 7) is 7.70.